The van der Waals surface area contributed by atoms with Gasteiger partial charge in [0.1, 0.15) is 5.15 Å². The van der Waals surface area contributed by atoms with Gasteiger partial charge in [0.25, 0.3) is 0 Å². The zero-order valence-corrected chi connectivity index (χ0v) is 21.5. The summed E-state index contributed by atoms with van der Waals surface area (Å²) < 4.78 is 40.0. The number of nitrogens with zero attached hydrogens (tertiary/aromatic N) is 4. The highest BCUT2D eigenvalue weighted by molar-refractivity contribution is 6.36. The second-order valence-corrected chi connectivity index (χ2v) is 9.69. The molecule has 5 rings (SSSR count). The van der Waals surface area contributed by atoms with Crippen LogP contribution in [0.25, 0.3) is 17.0 Å². The van der Waals surface area contributed by atoms with Gasteiger partial charge in [-0.2, -0.15) is 13.2 Å². The molecular formula is C27H22Cl2F3N5O. The molecule has 0 radical (unpaired) electrons. The number of hydrogen-bond donors (Lipinski definition) is 1. The SMILES string of the molecule is O=C(NCc1ccnc(Cl)c1)n1c2c(c3c(Cl)cccc31)CN(C/C=C/c1ccc(C(F)(F)F)cn1)CC2. The second kappa shape index (κ2) is 10.8. The maximum Gasteiger partial charge on any atom is 0.417 e. The fourth-order valence-corrected chi connectivity index (χ4v) is 5.09. The summed E-state index contributed by atoms with van der Waals surface area (Å²) in [6.07, 6.45) is 2.20. The average Bonchev–Trinajstić information content (AvgIpc) is 3.22. The number of carbonyl (C=O) groups excluding carboxylic acids is 1. The van der Waals surface area contributed by atoms with Crippen LogP contribution < -0.4 is 5.32 Å². The fraction of sp³-hybridized carbons (Fsp3) is 0.222. The number of benzene rings is 1. The van der Waals surface area contributed by atoms with Gasteiger partial charge >= 0.3 is 12.2 Å². The van der Waals surface area contributed by atoms with E-state index in [-0.39, 0.29) is 6.03 Å². The third-order valence-electron chi connectivity index (χ3n) is 6.40. The number of fused-ring (bicyclic) bond motifs is 3. The predicted octanol–water partition coefficient (Wildman–Crippen LogP) is 6.59. The minimum absolute atomic E-state index is 0.256. The van der Waals surface area contributed by atoms with Crippen molar-refractivity contribution in [2.75, 3.05) is 13.1 Å². The molecule has 4 heterocycles. The zero-order valence-electron chi connectivity index (χ0n) is 20.0. The number of halogens is 5. The lowest BCUT2D eigenvalue weighted by atomic mass is 10.0. The maximum atomic E-state index is 13.3. The van der Waals surface area contributed by atoms with Crippen molar-refractivity contribution < 1.29 is 18.0 Å². The molecule has 0 unspecified atom stereocenters. The molecule has 6 nitrogen and oxygen atoms in total. The maximum absolute atomic E-state index is 13.3. The van der Waals surface area contributed by atoms with Crippen molar-refractivity contribution in [3.63, 3.8) is 0 Å². The van der Waals surface area contributed by atoms with Gasteiger partial charge in [0.2, 0.25) is 0 Å². The summed E-state index contributed by atoms with van der Waals surface area (Å²) in [5.41, 5.74) is 3.13. The van der Waals surface area contributed by atoms with Crippen LogP contribution in [-0.4, -0.2) is 38.6 Å². The number of nitrogens with one attached hydrogen (secondary N) is 1. The average molecular weight is 560 g/mol. The summed E-state index contributed by atoms with van der Waals surface area (Å²) in [5.74, 6) is 0. The van der Waals surface area contributed by atoms with Gasteiger partial charge in [-0.1, -0.05) is 35.3 Å². The summed E-state index contributed by atoms with van der Waals surface area (Å²) in [6.45, 7) is 2.12. The quantitative estimate of drug-likeness (QED) is 0.280. The largest absolute Gasteiger partial charge is 0.417 e. The van der Waals surface area contributed by atoms with Gasteiger partial charge < -0.3 is 5.32 Å². The Kier molecular flexibility index (Phi) is 7.43. The van der Waals surface area contributed by atoms with Crippen molar-refractivity contribution in [1.29, 1.82) is 0 Å². The van der Waals surface area contributed by atoms with Gasteiger partial charge in [0, 0.05) is 56.1 Å². The van der Waals surface area contributed by atoms with E-state index in [1.54, 1.807) is 35.0 Å². The van der Waals surface area contributed by atoms with E-state index in [0.29, 0.717) is 48.5 Å². The molecule has 0 saturated heterocycles. The predicted molar refractivity (Wildman–Crippen MR) is 141 cm³/mol. The first-order chi connectivity index (χ1) is 18.2. The molecule has 0 spiro atoms. The topological polar surface area (TPSA) is 63.1 Å². The molecule has 1 aliphatic rings. The van der Waals surface area contributed by atoms with Crippen LogP contribution in [0.5, 0.6) is 0 Å². The number of rotatable bonds is 5. The number of hydrogen-bond acceptors (Lipinski definition) is 4. The van der Waals surface area contributed by atoms with E-state index in [1.165, 1.54) is 6.07 Å². The number of carbonyl (C=O) groups is 1. The lowest BCUT2D eigenvalue weighted by molar-refractivity contribution is -0.137. The van der Waals surface area contributed by atoms with Crippen molar-refractivity contribution >= 4 is 46.2 Å². The van der Waals surface area contributed by atoms with Gasteiger partial charge in [-0.05, 0) is 53.6 Å². The normalized spacial score (nSPS) is 14.2. The third-order valence-corrected chi connectivity index (χ3v) is 6.92. The van der Waals surface area contributed by atoms with Gasteiger partial charge in [0.15, 0.2) is 0 Å². The highest BCUT2D eigenvalue weighted by Gasteiger charge is 2.30. The van der Waals surface area contributed by atoms with E-state index in [9.17, 15) is 18.0 Å². The van der Waals surface area contributed by atoms with Crippen LogP contribution in [0.2, 0.25) is 10.2 Å². The highest BCUT2D eigenvalue weighted by Crippen LogP contribution is 2.35. The van der Waals surface area contributed by atoms with Crippen LogP contribution in [0, 0.1) is 0 Å². The van der Waals surface area contributed by atoms with Crippen LogP contribution in [0.4, 0.5) is 18.0 Å². The highest BCUT2D eigenvalue weighted by atomic mass is 35.5. The third kappa shape index (κ3) is 5.55. The Labute approximate surface area is 226 Å². The van der Waals surface area contributed by atoms with E-state index in [4.69, 9.17) is 23.2 Å². The summed E-state index contributed by atoms with van der Waals surface area (Å²) in [7, 11) is 0. The van der Waals surface area contributed by atoms with Crippen molar-refractivity contribution in [2.45, 2.75) is 25.7 Å². The smallest absolute Gasteiger partial charge is 0.333 e. The van der Waals surface area contributed by atoms with E-state index in [0.717, 1.165) is 40.0 Å². The second-order valence-electron chi connectivity index (χ2n) is 8.90. The first-order valence-corrected chi connectivity index (χ1v) is 12.6. The molecule has 1 N–H and O–H groups in total. The summed E-state index contributed by atoms with van der Waals surface area (Å²) in [4.78, 5) is 23.3. The van der Waals surface area contributed by atoms with Gasteiger partial charge in [-0.3, -0.25) is 14.5 Å². The fourth-order valence-electron chi connectivity index (χ4n) is 4.61. The Morgan fingerprint density at radius 3 is 2.71 bits per heavy atom. The molecule has 0 saturated carbocycles. The molecular weight excluding hydrogens is 538 g/mol. The molecule has 4 aromatic rings. The van der Waals surface area contributed by atoms with E-state index in [2.05, 4.69) is 20.2 Å². The summed E-state index contributed by atoms with van der Waals surface area (Å²) >= 11 is 12.6. The molecule has 0 fully saturated rings. The molecule has 11 heteroatoms. The molecule has 0 atom stereocenters. The summed E-state index contributed by atoms with van der Waals surface area (Å²) in [6, 6.07) is 11.1. The standard InChI is InChI=1S/C27H22Cl2F3N5O/c28-21-4-1-5-23-25(21)20-16-36(11-2-3-19-7-6-18(15-34-19)27(30,31)32)12-9-22(20)37(23)26(38)35-14-17-8-10-33-24(29)13-17/h1-8,10,13,15H,9,11-12,14,16H2,(H,35,38)/b3-2+. The van der Waals surface area contributed by atoms with Gasteiger partial charge in [-0.15, -0.1) is 0 Å². The number of amides is 1. The van der Waals surface area contributed by atoms with E-state index in [1.807, 2.05) is 18.2 Å². The molecule has 0 aliphatic carbocycles. The van der Waals surface area contributed by atoms with Crippen LogP contribution >= 0.6 is 23.2 Å². The van der Waals surface area contributed by atoms with Gasteiger partial charge in [-0.25, -0.2) is 9.78 Å². The molecule has 1 aromatic carbocycles. The molecule has 3 aromatic heterocycles. The molecule has 0 bridgehead atoms. The van der Waals surface area contributed by atoms with Crippen molar-refractivity contribution in [3.8, 4) is 0 Å². The Bertz CT molecular complexity index is 1520. The Balaban J connectivity index is 1.33. The molecule has 38 heavy (non-hydrogen) atoms. The Hall–Kier alpha value is -3.40. The Morgan fingerprint density at radius 1 is 1.13 bits per heavy atom. The van der Waals surface area contributed by atoms with Crippen LogP contribution in [0.15, 0.2) is 60.9 Å². The lowest BCUT2D eigenvalue weighted by Gasteiger charge is -2.27. The minimum Gasteiger partial charge on any atom is -0.333 e. The van der Waals surface area contributed by atoms with Crippen molar-refractivity contribution in [2.24, 2.45) is 0 Å². The van der Waals surface area contributed by atoms with Crippen LogP contribution in [0.1, 0.15) is 28.1 Å². The molecule has 1 aliphatic heterocycles. The van der Waals surface area contributed by atoms with Crippen LogP contribution in [-0.2, 0) is 25.7 Å². The number of pyridine rings is 2. The number of alkyl halides is 3. The van der Waals surface area contributed by atoms with Crippen LogP contribution in [0.3, 0.4) is 0 Å². The lowest BCUT2D eigenvalue weighted by Crippen LogP contribution is -2.34. The summed E-state index contributed by atoms with van der Waals surface area (Å²) in [5, 5.41) is 4.72. The molecule has 196 valence electrons. The zero-order chi connectivity index (χ0) is 26.9. The first-order valence-electron chi connectivity index (χ1n) is 11.8. The molecule has 1 amide bonds. The monoisotopic (exact) mass is 559 g/mol. The first kappa shape index (κ1) is 26.2. The Morgan fingerprint density at radius 2 is 1.97 bits per heavy atom. The van der Waals surface area contributed by atoms with Crippen molar-refractivity contribution in [1.82, 2.24) is 24.8 Å². The number of aromatic nitrogens is 3. The van der Waals surface area contributed by atoms with E-state index < -0.39 is 11.7 Å². The van der Waals surface area contributed by atoms with Gasteiger partial charge in [0.05, 0.1) is 21.8 Å². The minimum atomic E-state index is -4.41. The van der Waals surface area contributed by atoms with Crippen molar-refractivity contribution in [3.05, 3.63) is 99.2 Å². The van der Waals surface area contributed by atoms with E-state index >= 15 is 0 Å².